The molecule has 0 aromatic heterocycles. The van der Waals surface area contributed by atoms with Crippen molar-refractivity contribution >= 4 is 5.69 Å². The van der Waals surface area contributed by atoms with Crippen LogP contribution in [0.4, 0.5) is 5.69 Å². The van der Waals surface area contributed by atoms with Gasteiger partial charge in [0.15, 0.2) is 0 Å². The average Bonchev–Trinajstić information content (AvgIpc) is 2.49. The monoisotopic (exact) mass is 269 g/mol. The molecule has 3 rings (SSSR count). The molecule has 0 radical (unpaired) electrons. The number of rotatable bonds is 4. The first-order valence-electron chi connectivity index (χ1n) is 7.06. The van der Waals surface area contributed by atoms with Crippen molar-refractivity contribution in [3.05, 3.63) is 54.1 Å². The van der Waals surface area contributed by atoms with E-state index in [1.54, 1.807) is 0 Å². The third kappa shape index (κ3) is 2.87. The maximum absolute atomic E-state index is 6.02. The van der Waals surface area contributed by atoms with Gasteiger partial charge >= 0.3 is 0 Å². The van der Waals surface area contributed by atoms with Crippen molar-refractivity contribution in [2.24, 2.45) is 0 Å². The smallest absolute Gasteiger partial charge is 0.142 e. The van der Waals surface area contributed by atoms with Gasteiger partial charge in [-0.25, -0.2) is 0 Å². The van der Waals surface area contributed by atoms with Gasteiger partial charge < -0.3 is 14.8 Å². The van der Waals surface area contributed by atoms with Crippen molar-refractivity contribution in [1.29, 1.82) is 0 Å². The molecule has 20 heavy (non-hydrogen) atoms. The molecule has 0 saturated carbocycles. The Labute approximate surface area is 119 Å². The number of para-hydroxylation sites is 2. The molecule has 1 aliphatic rings. The van der Waals surface area contributed by atoms with Crippen LogP contribution in [0, 0.1) is 0 Å². The lowest BCUT2D eigenvalue weighted by molar-refractivity contribution is 0.206. The molecular weight excluding hydrogens is 250 g/mol. The molecule has 1 aliphatic heterocycles. The highest BCUT2D eigenvalue weighted by atomic mass is 16.5. The topological polar surface area (TPSA) is 30.5 Å². The van der Waals surface area contributed by atoms with Gasteiger partial charge in [0.1, 0.15) is 17.6 Å². The molecule has 0 aliphatic carbocycles. The molecule has 1 N–H and O–H groups in total. The Morgan fingerprint density at radius 2 is 1.95 bits per heavy atom. The van der Waals surface area contributed by atoms with E-state index in [1.807, 2.05) is 43.3 Å². The fourth-order valence-corrected chi connectivity index (χ4v) is 2.43. The molecule has 3 nitrogen and oxygen atoms in total. The maximum Gasteiger partial charge on any atom is 0.142 e. The molecule has 0 saturated heterocycles. The molecule has 1 unspecified atom stereocenters. The van der Waals surface area contributed by atoms with Gasteiger partial charge in [0.05, 0.1) is 18.8 Å². The zero-order valence-corrected chi connectivity index (χ0v) is 11.6. The summed E-state index contributed by atoms with van der Waals surface area (Å²) in [5.41, 5.74) is 2.34. The van der Waals surface area contributed by atoms with E-state index >= 15 is 0 Å². The summed E-state index contributed by atoms with van der Waals surface area (Å²) in [6.45, 7) is 3.53. The molecular formula is C17H19NO2. The van der Waals surface area contributed by atoms with Crippen LogP contribution in [0.1, 0.15) is 12.5 Å². The molecule has 1 heterocycles. The van der Waals surface area contributed by atoms with Gasteiger partial charge in [-0.3, -0.25) is 0 Å². The second-order valence-corrected chi connectivity index (χ2v) is 4.90. The van der Waals surface area contributed by atoms with Gasteiger partial charge in [-0.05, 0) is 36.8 Å². The van der Waals surface area contributed by atoms with Crippen molar-refractivity contribution in [2.75, 3.05) is 18.5 Å². The minimum atomic E-state index is 0.169. The number of benzene rings is 2. The third-order valence-electron chi connectivity index (χ3n) is 3.40. The van der Waals surface area contributed by atoms with Gasteiger partial charge in [-0.1, -0.05) is 24.3 Å². The molecule has 2 aromatic rings. The van der Waals surface area contributed by atoms with E-state index in [0.717, 1.165) is 30.2 Å². The first kappa shape index (κ1) is 12.9. The van der Waals surface area contributed by atoms with Gasteiger partial charge in [0, 0.05) is 6.42 Å². The Morgan fingerprint density at radius 1 is 1.15 bits per heavy atom. The first-order chi connectivity index (χ1) is 9.85. The zero-order chi connectivity index (χ0) is 13.8. The standard InChI is InChI=1S/C17H19NO2/c1-2-19-14-9-7-13(8-10-14)11-15-12-18-16-5-3-4-6-17(16)20-15/h3-10,15,18H,2,11-12H2,1H3. The first-order valence-corrected chi connectivity index (χ1v) is 7.06. The molecule has 0 amide bonds. The summed E-state index contributed by atoms with van der Waals surface area (Å²) in [5, 5.41) is 3.41. The Kier molecular flexibility index (Phi) is 3.77. The Balaban J connectivity index is 1.64. The van der Waals surface area contributed by atoms with Gasteiger partial charge in [-0.2, -0.15) is 0 Å². The fraction of sp³-hybridized carbons (Fsp3) is 0.294. The van der Waals surface area contributed by atoms with Crippen LogP contribution in [-0.2, 0) is 6.42 Å². The Bertz CT molecular complexity index is 565. The van der Waals surface area contributed by atoms with E-state index < -0.39 is 0 Å². The van der Waals surface area contributed by atoms with Crippen molar-refractivity contribution in [2.45, 2.75) is 19.4 Å². The van der Waals surface area contributed by atoms with E-state index in [9.17, 15) is 0 Å². The number of nitrogens with one attached hydrogen (secondary N) is 1. The second kappa shape index (κ2) is 5.87. The zero-order valence-electron chi connectivity index (χ0n) is 11.6. The molecule has 0 fully saturated rings. The van der Waals surface area contributed by atoms with Crippen molar-refractivity contribution in [3.8, 4) is 11.5 Å². The number of hydrogen-bond donors (Lipinski definition) is 1. The number of anilines is 1. The summed E-state index contributed by atoms with van der Waals surface area (Å²) >= 11 is 0. The SMILES string of the molecule is CCOc1ccc(CC2CNc3ccccc3O2)cc1. The molecule has 3 heteroatoms. The van der Waals surface area contributed by atoms with Gasteiger partial charge in [0.25, 0.3) is 0 Å². The van der Waals surface area contributed by atoms with Crippen LogP contribution in [0.25, 0.3) is 0 Å². The molecule has 1 atom stereocenters. The van der Waals surface area contributed by atoms with E-state index in [2.05, 4.69) is 17.4 Å². The second-order valence-electron chi connectivity index (χ2n) is 4.90. The Morgan fingerprint density at radius 3 is 2.75 bits per heavy atom. The van der Waals surface area contributed by atoms with Crippen molar-refractivity contribution in [3.63, 3.8) is 0 Å². The highest BCUT2D eigenvalue weighted by Gasteiger charge is 2.18. The van der Waals surface area contributed by atoms with Crippen LogP contribution in [0.15, 0.2) is 48.5 Å². The minimum Gasteiger partial charge on any atom is -0.494 e. The predicted octanol–water partition coefficient (Wildman–Crippen LogP) is 3.50. The summed E-state index contributed by atoms with van der Waals surface area (Å²) < 4.78 is 11.5. The van der Waals surface area contributed by atoms with E-state index in [0.29, 0.717) is 6.61 Å². The lowest BCUT2D eigenvalue weighted by Crippen LogP contribution is -2.32. The van der Waals surface area contributed by atoms with Crippen LogP contribution in [0.5, 0.6) is 11.5 Å². The predicted molar refractivity (Wildman–Crippen MR) is 80.7 cm³/mol. The van der Waals surface area contributed by atoms with Crippen molar-refractivity contribution in [1.82, 2.24) is 0 Å². The highest BCUT2D eigenvalue weighted by Crippen LogP contribution is 2.29. The quantitative estimate of drug-likeness (QED) is 0.921. The summed E-state index contributed by atoms with van der Waals surface area (Å²) in [6, 6.07) is 16.3. The van der Waals surface area contributed by atoms with Crippen LogP contribution in [0.2, 0.25) is 0 Å². The molecule has 0 bridgehead atoms. The van der Waals surface area contributed by atoms with Crippen LogP contribution < -0.4 is 14.8 Å². The van der Waals surface area contributed by atoms with E-state index in [4.69, 9.17) is 9.47 Å². The normalized spacial score (nSPS) is 16.8. The highest BCUT2D eigenvalue weighted by molar-refractivity contribution is 5.57. The van der Waals surface area contributed by atoms with E-state index in [-0.39, 0.29) is 6.10 Å². The van der Waals surface area contributed by atoms with Crippen LogP contribution >= 0.6 is 0 Å². The summed E-state index contributed by atoms with van der Waals surface area (Å²) in [6.07, 6.45) is 1.07. The maximum atomic E-state index is 6.02. The number of hydrogen-bond acceptors (Lipinski definition) is 3. The molecule has 0 spiro atoms. The Hall–Kier alpha value is -2.16. The fourth-order valence-electron chi connectivity index (χ4n) is 2.43. The number of fused-ring (bicyclic) bond motifs is 1. The summed E-state index contributed by atoms with van der Waals surface area (Å²) in [4.78, 5) is 0. The van der Waals surface area contributed by atoms with Gasteiger partial charge in [-0.15, -0.1) is 0 Å². The molecule has 104 valence electrons. The van der Waals surface area contributed by atoms with Crippen LogP contribution in [-0.4, -0.2) is 19.3 Å². The van der Waals surface area contributed by atoms with E-state index in [1.165, 1.54) is 5.56 Å². The van der Waals surface area contributed by atoms with Crippen LogP contribution in [0.3, 0.4) is 0 Å². The third-order valence-corrected chi connectivity index (χ3v) is 3.40. The lowest BCUT2D eigenvalue weighted by atomic mass is 10.1. The number of ether oxygens (including phenoxy) is 2. The van der Waals surface area contributed by atoms with Gasteiger partial charge in [0.2, 0.25) is 0 Å². The van der Waals surface area contributed by atoms with Crippen molar-refractivity contribution < 1.29 is 9.47 Å². The lowest BCUT2D eigenvalue weighted by Gasteiger charge is -2.27. The summed E-state index contributed by atoms with van der Waals surface area (Å²) in [5.74, 6) is 1.86. The average molecular weight is 269 g/mol. The largest absolute Gasteiger partial charge is 0.494 e. The molecule has 2 aromatic carbocycles. The minimum absolute atomic E-state index is 0.169. The summed E-state index contributed by atoms with van der Waals surface area (Å²) in [7, 11) is 0.